The van der Waals surface area contributed by atoms with Crippen LogP contribution in [0.15, 0.2) is 82.8 Å². The van der Waals surface area contributed by atoms with Crippen molar-refractivity contribution in [3.05, 3.63) is 89.5 Å². The second kappa shape index (κ2) is 8.43. The Balaban J connectivity index is 1.83. The van der Waals surface area contributed by atoms with E-state index in [1.807, 2.05) is 43.3 Å². The van der Waals surface area contributed by atoms with Crippen molar-refractivity contribution in [2.75, 3.05) is 14.2 Å². The quantitative estimate of drug-likeness (QED) is 0.568. The summed E-state index contributed by atoms with van der Waals surface area (Å²) in [5.41, 5.74) is 3.38. The number of sulfonamides is 1. The number of aryl methyl sites for hydroxylation is 1. The first-order valence-electron chi connectivity index (χ1n) is 9.89. The third-order valence-electron chi connectivity index (χ3n) is 5.27. The molecule has 6 nitrogen and oxygen atoms in total. The Morgan fingerprint density at radius 2 is 1.58 bits per heavy atom. The molecular formula is C24H24N2O4S. The maximum absolute atomic E-state index is 13.5. The summed E-state index contributed by atoms with van der Waals surface area (Å²) in [6.45, 7) is 1.99. The van der Waals surface area contributed by atoms with Gasteiger partial charge in [0.25, 0.3) is 10.0 Å². The Hall–Kier alpha value is -3.32. The molecule has 1 unspecified atom stereocenters. The zero-order chi connectivity index (χ0) is 22.0. The van der Waals surface area contributed by atoms with Gasteiger partial charge in [0.2, 0.25) is 0 Å². The predicted molar refractivity (Wildman–Crippen MR) is 120 cm³/mol. The molecule has 0 aliphatic carbocycles. The van der Waals surface area contributed by atoms with Gasteiger partial charge in [-0.1, -0.05) is 48.0 Å². The Morgan fingerprint density at radius 3 is 2.19 bits per heavy atom. The highest BCUT2D eigenvalue weighted by Crippen LogP contribution is 2.38. The summed E-state index contributed by atoms with van der Waals surface area (Å²) in [6.07, 6.45) is 0.436. The molecule has 1 aliphatic heterocycles. The summed E-state index contributed by atoms with van der Waals surface area (Å²) in [6, 6.07) is 21.3. The molecule has 0 aromatic heterocycles. The van der Waals surface area contributed by atoms with Crippen LogP contribution in [0.2, 0.25) is 0 Å². The van der Waals surface area contributed by atoms with E-state index in [9.17, 15) is 8.42 Å². The third-order valence-corrected chi connectivity index (χ3v) is 6.97. The lowest BCUT2D eigenvalue weighted by Gasteiger charge is -2.23. The molecule has 1 heterocycles. The largest absolute Gasteiger partial charge is 0.497 e. The van der Waals surface area contributed by atoms with Gasteiger partial charge in [0.15, 0.2) is 0 Å². The lowest BCUT2D eigenvalue weighted by atomic mass is 9.98. The van der Waals surface area contributed by atoms with Gasteiger partial charge >= 0.3 is 0 Å². The number of ether oxygens (including phenoxy) is 2. The molecule has 7 heteroatoms. The van der Waals surface area contributed by atoms with Crippen LogP contribution in [0.3, 0.4) is 0 Å². The smallest absolute Gasteiger partial charge is 0.279 e. The summed E-state index contributed by atoms with van der Waals surface area (Å²) in [5.74, 6) is 1.24. The first kappa shape index (κ1) is 20.9. The fourth-order valence-electron chi connectivity index (χ4n) is 3.68. The molecule has 1 atom stereocenters. The molecule has 0 spiro atoms. The summed E-state index contributed by atoms with van der Waals surface area (Å²) in [4.78, 5) is 0.209. The van der Waals surface area contributed by atoms with E-state index in [0.29, 0.717) is 23.6 Å². The van der Waals surface area contributed by atoms with E-state index in [1.165, 1.54) is 4.41 Å². The monoisotopic (exact) mass is 436 g/mol. The lowest BCUT2D eigenvalue weighted by molar-refractivity contribution is 0.371. The Labute approximate surface area is 182 Å². The van der Waals surface area contributed by atoms with Crippen molar-refractivity contribution in [1.82, 2.24) is 4.41 Å². The molecule has 0 N–H and O–H groups in total. The van der Waals surface area contributed by atoms with Crippen LogP contribution in [0, 0.1) is 6.92 Å². The molecule has 0 saturated carbocycles. The number of methoxy groups -OCH3 is 2. The van der Waals surface area contributed by atoms with Gasteiger partial charge in [-0.25, -0.2) is 0 Å². The summed E-state index contributed by atoms with van der Waals surface area (Å²) < 4.78 is 39.0. The normalized spacial score (nSPS) is 16.2. The SMILES string of the molecule is COc1cc(OC)cc(C2=NN(S(=O)(=O)c3ccccc3)C(c3cccc(C)c3)C2)c1. The van der Waals surface area contributed by atoms with Crippen LogP contribution >= 0.6 is 0 Å². The van der Waals surface area contributed by atoms with Crippen molar-refractivity contribution >= 4 is 15.7 Å². The van der Waals surface area contributed by atoms with Crippen LogP contribution in [0.1, 0.15) is 29.2 Å². The van der Waals surface area contributed by atoms with Crippen molar-refractivity contribution < 1.29 is 17.9 Å². The number of nitrogens with zero attached hydrogens (tertiary/aromatic N) is 2. The zero-order valence-corrected chi connectivity index (χ0v) is 18.5. The minimum absolute atomic E-state index is 0.209. The van der Waals surface area contributed by atoms with Gasteiger partial charge in [-0.15, -0.1) is 0 Å². The van der Waals surface area contributed by atoms with E-state index < -0.39 is 16.1 Å². The Kier molecular flexibility index (Phi) is 5.69. The maximum Gasteiger partial charge on any atom is 0.279 e. The molecule has 0 saturated heterocycles. The van der Waals surface area contributed by atoms with Gasteiger partial charge in [0.1, 0.15) is 11.5 Å². The fourth-order valence-corrected chi connectivity index (χ4v) is 5.14. The average molecular weight is 437 g/mol. The van der Waals surface area contributed by atoms with Crippen LogP contribution in [-0.2, 0) is 10.0 Å². The van der Waals surface area contributed by atoms with Crippen LogP contribution in [0.25, 0.3) is 0 Å². The number of hydrazone groups is 1. The second-order valence-corrected chi connectivity index (χ2v) is 9.17. The molecule has 4 rings (SSSR count). The van der Waals surface area contributed by atoms with Gasteiger partial charge in [0, 0.05) is 18.1 Å². The molecule has 31 heavy (non-hydrogen) atoms. The van der Waals surface area contributed by atoms with Gasteiger partial charge in [-0.2, -0.15) is 17.9 Å². The first-order chi connectivity index (χ1) is 14.9. The molecule has 1 aliphatic rings. The number of benzene rings is 3. The van der Waals surface area contributed by atoms with E-state index in [-0.39, 0.29) is 4.90 Å². The second-order valence-electron chi connectivity index (χ2n) is 7.37. The van der Waals surface area contributed by atoms with Gasteiger partial charge in [-0.05, 0) is 36.8 Å². The van der Waals surface area contributed by atoms with Crippen molar-refractivity contribution in [1.29, 1.82) is 0 Å². The molecule has 3 aromatic carbocycles. The molecule has 3 aromatic rings. The van der Waals surface area contributed by atoms with Crippen molar-refractivity contribution in [3.63, 3.8) is 0 Å². The Morgan fingerprint density at radius 1 is 0.903 bits per heavy atom. The van der Waals surface area contributed by atoms with E-state index in [2.05, 4.69) is 5.10 Å². The first-order valence-corrected chi connectivity index (χ1v) is 11.3. The zero-order valence-electron chi connectivity index (χ0n) is 17.6. The van der Waals surface area contributed by atoms with E-state index in [0.717, 1.165) is 16.7 Å². The van der Waals surface area contributed by atoms with Crippen LogP contribution < -0.4 is 9.47 Å². The average Bonchev–Trinajstić information content (AvgIpc) is 3.26. The fraction of sp³-hybridized carbons (Fsp3) is 0.208. The topological polar surface area (TPSA) is 68.2 Å². The highest BCUT2D eigenvalue weighted by atomic mass is 32.2. The van der Waals surface area contributed by atoms with Crippen LogP contribution in [0.5, 0.6) is 11.5 Å². The summed E-state index contributed by atoms with van der Waals surface area (Å²) in [5, 5.41) is 4.60. The van der Waals surface area contributed by atoms with E-state index in [4.69, 9.17) is 9.47 Å². The molecule has 160 valence electrons. The molecular weight excluding hydrogens is 412 g/mol. The molecule has 0 radical (unpaired) electrons. The van der Waals surface area contributed by atoms with Crippen molar-refractivity contribution in [2.45, 2.75) is 24.3 Å². The van der Waals surface area contributed by atoms with Gasteiger partial charge < -0.3 is 9.47 Å². The summed E-state index contributed by atoms with van der Waals surface area (Å²) in [7, 11) is -0.678. The Bertz CT molecular complexity index is 1200. The van der Waals surface area contributed by atoms with Crippen molar-refractivity contribution in [3.8, 4) is 11.5 Å². The third kappa shape index (κ3) is 4.14. The highest BCUT2D eigenvalue weighted by molar-refractivity contribution is 7.89. The van der Waals surface area contributed by atoms with Gasteiger partial charge in [0.05, 0.1) is 30.9 Å². The van der Waals surface area contributed by atoms with Crippen LogP contribution in [-0.4, -0.2) is 32.8 Å². The standard InChI is InChI=1S/C24H24N2O4S/c1-17-8-7-9-18(12-17)24-16-23(19-13-20(29-2)15-21(14-19)30-3)25-26(24)31(27,28)22-10-5-4-6-11-22/h4-15,24H,16H2,1-3H3. The minimum Gasteiger partial charge on any atom is -0.497 e. The van der Waals surface area contributed by atoms with Crippen LogP contribution in [0.4, 0.5) is 0 Å². The highest BCUT2D eigenvalue weighted by Gasteiger charge is 2.37. The lowest BCUT2D eigenvalue weighted by Crippen LogP contribution is -2.27. The molecule has 0 amide bonds. The maximum atomic E-state index is 13.5. The number of rotatable bonds is 6. The summed E-state index contributed by atoms with van der Waals surface area (Å²) >= 11 is 0. The number of hydrogen-bond donors (Lipinski definition) is 0. The van der Waals surface area contributed by atoms with E-state index >= 15 is 0 Å². The minimum atomic E-state index is -3.84. The number of hydrogen-bond acceptors (Lipinski definition) is 5. The van der Waals surface area contributed by atoms with E-state index in [1.54, 1.807) is 50.6 Å². The molecule has 0 fully saturated rings. The van der Waals surface area contributed by atoms with Crippen molar-refractivity contribution in [2.24, 2.45) is 5.10 Å². The molecule has 0 bridgehead atoms. The predicted octanol–water partition coefficient (Wildman–Crippen LogP) is 4.55. The van der Waals surface area contributed by atoms with Gasteiger partial charge in [-0.3, -0.25) is 0 Å².